The van der Waals surface area contributed by atoms with Crippen molar-refractivity contribution in [2.24, 2.45) is 11.8 Å². The van der Waals surface area contributed by atoms with Crippen molar-refractivity contribution in [1.29, 1.82) is 0 Å². The summed E-state index contributed by atoms with van der Waals surface area (Å²) in [5.74, 6) is 0.795. The number of fused-ring (bicyclic) bond motifs is 7. The van der Waals surface area contributed by atoms with E-state index in [0.717, 1.165) is 32.2 Å². The third-order valence-electron chi connectivity index (χ3n) is 10.1. The van der Waals surface area contributed by atoms with E-state index in [1.165, 1.54) is 60.3 Å². The summed E-state index contributed by atoms with van der Waals surface area (Å²) in [6, 6.07) is 25.2. The number of nitrogens with zero attached hydrogens (tertiary/aromatic N) is 1. The molecule has 0 aromatic heterocycles. The molecular formula is C43H39N. The maximum Gasteiger partial charge on any atom is 0.0545 e. The van der Waals surface area contributed by atoms with E-state index >= 15 is 0 Å². The molecule has 1 nitrogen and oxygen atoms in total. The van der Waals surface area contributed by atoms with Gasteiger partial charge in [-0.05, 0) is 98.3 Å². The van der Waals surface area contributed by atoms with Crippen molar-refractivity contribution in [3.05, 3.63) is 162 Å². The molecule has 4 aromatic carbocycles. The van der Waals surface area contributed by atoms with E-state index in [9.17, 15) is 0 Å². The van der Waals surface area contributed by atoms with Gasteiger partial charge < -0.3 is 4.90 Å². The number of rotatable bonds is 3. The normalized spacial score (nSPS) is 23.5. The lowest BCUT2D eigenvalue weighted by atomic mass is 9.79. The number of benzene rings is 4. The molecule has 0 amide bonds. The van der Waals surface area contributed by atoms with Gasteiger partial charge in [-0.15, -0.1) is 0 Å². The molecule has 0 spiro atoms. The van der Waals surface area contributed by atoms with Gasteiger partial charge >= 0.3 is 0 Å². The molecule has 216 valence electrons. The quantitative estimate of drug-likeness (QED) is 0.222. The summed E-state index contributed by atoms with van der Waals surface area (Å²) in [6.45, 7) is 3.32. The van der Waals surface area contributed by atoms with Crippen molar-refractivity contribution in [2.75, 3.05) is 6.54 Å². The third-order valence-corrected chi connectivity index (χ3v) is 10.1. The van der Waals surface area contributed by atoms with Crippen LogP contribution >= 0.6 is 0 Å². The summed E-state index contributed by atoms with van der Waals surface area (Å²) in [5.41, 5.74) is 7.00. The Labute approximate surface area is 261 Å². The van der Waals surface area contributed by atoms with Gasteiger partial charge in [-0.1, -0.05) is 134 Å². The summed E-state index contributed by atoms with van der Waals surface area (Å²) in [6.07, 6.45) is 32.9. The first-order valence-corrected chi connectivity index (χ1v) is 16.3. The van der Waals surface area contributed by atoms with Gasteiger partial charge in [0.15, 0.2) is 0 Å². The van der Waals surface area contributed by atoms with E-state index in [-0.39, 0.29) is 0 Å². The van der Waals surface area contributed by atoms with E-state index in [1.807, 2.05) is 0 Å². The Bertz CT molecular complexity index is 1990. The van der Waals surface area contributed by atoms with Crippen LogP contribution in [0.2, 0.25) is 0 Å². The van der Waals surface area contributed by atoms with Gasteiger partial charge in [0.1, 0.15) is 0 Å². The fraction of sp³-hybridized carbons (Fsp3) is 0.209. The first-order chi connectivity index (χ1) is 21.7. The minimum Gasteiger partial charge on any atom is -0.364 e. The molecule has 8 rings (SSSR count). The van der Waals surface area contributed by atoms with Crippen molar-refractivity contribution < 1.29 is 0 Å². The van der Waals surface area contributed by atoms with Crippen LogP contribution in [-0.2, 0) is 0 Å². The highest BCUT2D eigenvalue weighted by Gasteiger charge is 2.32. The summed E-state index contributed by atoms with van der Waals surface area (Å²) >= 11 is 0. The van der Waals surface area contributed by atoms with Crippen LogP contribution in [0.25, 0.3) is 37.9 Å². The van der Waals surface area contributed by atoms with Crippen molar-refractivity contribution >= 4 is 37.9 Å². The van der Waals surface area contributed by atoms with E-state index in [4.69, 9.17) is 0 Å². The molecule has 0 saturated heterocycles. The summed E-state index contributed by atoms with van der Waals surface area (Å²) in [7, 11) is 0. The van der Waals surface area contributed by atoms with Gasteiger partial charge in [0, 0.05) is 18.2 Å². The van der Waals surface area contributed by atoms with Crippen molar-refractivity contribution in [3.63, 3.8) is 0 Å². The van der Waals surface area contributed by atoms with Crippen LogP contribution in [-0.4, -0.2) is 17.5 Å². The molecule has 0 radical (unpaired) electrons. The summed E-state index contributed by atoms with van der Waals surface area (Å²) < 4.78 is 0. The zero-order valence-corrected chi connectivity index (χ0v) is 25.5. The Morgan fingerprint density at radius 1 is 0.682 bits per heavy atom. The predicted molar refractivity (Wildman–Crippen MR) is 189 cm³/mol. The van der Waals surface area contributed by atoms with Crippen LogP contribution in [0.3, 0.4) is 0 Å². The van der Waals surface area contributed by atoms with Gasteiger partial charge in [0.2, 0.25) is 0 Å². The molecular weight excluding hydrogens is 530 g/mol. The highest BCUT2D eigenvalue weighted by molar-refractivity contribution is 6.25. The van der Waals surface area contributed by atoms with Crippen LogP contribution in [0.15, 0.2) is 156 Å². The van der Waals surface area contributed by atoms with Gasteiger partial charge in [0.25, 0.3) is 0 Å². The van der Waals surface area contributed by atoms with Gasteiger partial charge in [0.05, 0.1) is 6.04 Å². The number of hydrogen-bond donors (Lipinski definition) is 0. The average Bonchev–Trinajstić information content (AvgIpc) is 3.17. The lowest BCUT2D eigenvalue weighted by Crippen LogP contribution is -2.41. The fourth-order valence-electron chi connectivity index (χ4n) is 7.78. The topological polar surface area (TPSA) is 3.24 Å². The second-order valence-electron chi connectivity index (χ2n) is 12.7. The SMILES string of the molecule is CC1C=CC=CCN(C2=CC(C3=CC=CCC3)=CCC2)C2C=CC(c3ccc4c5ccccc5c5ccccc5c4c3)=CC12. The molecule has 3 unspecified atom stereocenters. The van der Waals surface area contributed by atoms with Crippen molar-refractivity contribution in [2.45, 2.75) is 38.6 Å². The van der Waals surface area contributed by atoms with Crippen LogP contribution < -0.4 is 0 Å². The van der Waals surface area contributed by atoms with Gasteiger partial charge in [-0.3, -0.25) is 0 Å². The molecule has 1 heteroatoms. The van der Waals surface area contributed by atoms with Crippen LogP contribution in [0.1, 0.15) is 38.2 Å². The largest absolute Gasteiger partial charge is 0.364 e. The summed E-state index contributed by atoms with van der Waals surface area (Å²) in [4.78, 5) is 2.68. The molecule has 1 aliphatic heterocycles. The first-order valence-electron chi connectivity index (χ1n) is 16.3. The highest BCUT2D eigenvalue weighted by Crippen LogP contribution is 2.40. The fourth-order valence-corrected chi connectivity index (χ4v) is 7.78. The molecule has 0 saturated carbocycles. The number of hydrogen-bond acceptors (Lipinski definition) is 1. The van der Waals surface area contributed by atoms with Crippen LogP contribution in [0.5, 0.6) is 0 Å². The predicted octanol–water partition coefficient (Wildman–Crippen LogP) is 11.0. The molecule has 4 aromatic rings. The highest BCUT2D eigenvalue weighted by atomic mass is 15.2. The van der Waals surface area contributed by atoms with E-state index in [0.29, 0.717) is 17.9 Å². The Morgan fingerprint density at radius 3 is 2.18 bits per heavy atom. The number of allylic oxidation sites excluding steroid dienone is 13. The Balaban J connectivity index is 1.19. The lowest BCUT2D eigenvalue weighted by molar-refractivity contribution is 0.235. The molecule has 0 bridgehead atoms. The van der Waals surface area contributed by atoms with Crippen LogP contribution in [0.4, 0.5) is 0 Å². The molecule has 1 heterocycles. The van der Waals surface area contributed by atoms with E-state index in [1.54, 1.807) is 0 Å². The van der Waals surface area contributed by atoms with Crippen LogP contribution in [0, 0.1) is 11.8 Å². The Morgan fingerprint density at radius 2 is 1.43 bits per heavy atom. The lowest BCUT2D eigenvalue weighted by Gasteiger charge is -2.41. The Hall–Kier alpha value is -4.62. The second-order valence-corrected chi connectivity index (χ2v) is 12.7. The Kier molecular flexibility index (Phi) is 7.03. The maximum absolute atomic E-state index is 2.68. The minimum atomic E-state index is 0.317. The molecule has 3 atom stereocenters. The zero-order valence-electron chi connectivity index (χ0n) is 25.5. The molecule has 0 fully saturated rings. The van der Waals surface area contributed by atoms with Gasteiger partial charge in [-0.25, -0.2) is 0 Å². The third kappa shape index (κ3) is 4.81. The van der Waals surface area contributed by atoms with Crippen molar-refractivity contribution in [1.82, 2.24) is 4.90 Å². The molecule has 44 heavy (non-hydrogen) atoms. The van der Waals surface area contributed by atoms with Crippen molar-refractivity contribution in [3.8, 4) is 0 Å². The molecule has 0 N–H and O–H groups in total. The average molecular weight is 570 g/mol. The maximum atomic E-state index is 2.68. The molecule has 3 aliphatic carbocycles. The molecule has 4 aliphatic rings. The summed E-state index contributed by atoms with van der Waals surface area (Å²) in [5, 5.41) is 7.97. The van der Waals surface area contributed by atoms with E-state index in [2.05, 4.69) is 151 Å². The first kappa shape index (κ1) is 27.0. The van der Waals surface area contributed by atoms with Gasteiger partial charge in [-0.2, -0.15) is 0 Å². The van der Waals surface area contributed by atoms with E-state index < -0.39 is 0 Å². The smallest absolute Gasteiger partial charge is 0.0545 e. The monoisotopic (exact) mass is 569 g/mol. The minimum absolute atomic E-state index is 0.317. The second kappa shape index (κ2) is 11.5. The standard InChI is InChI=1S/C43H39N/c1-30-13-4-3-11-26-44(35-17-12-16-32(27-35)31-14-5-2-6-15-31)43-25-23-34(28-41(30)43)33-22-24-40-38-20-8-7-18-36(38)37-19-9-10-21-39(37)42(40)29-33/h2-5,7-11,13-14,16,18-25,27-30,41,43H,6,12,15,17,26H2,1H3. The zero-order chi connectivity index (χ0) is 29.5.